The second kappa shape index (κ2) is 4.48. The lowest BCUT2D eigenvalue weighted by Gasteiger charge is -2.08. The van der Waals surface area contributed by atoms with E-state index in [1.807, 2.05) is 0 Å². The zero-order chi connectivity index (χ0) is 11.5. The molecular formula is C8H6ClF3N2O. The van der Waals surface area contributed by atoms with E-state index in [1.165, 1.54) is 18.5 Å². The molecule has 0 spiro atoms. The molecule has 0 radical (unpaired) electrons. The first-order valence-corrected chi connectivity index (χ1v) is 4.22. The van der Waals surface area contributed by atoms with Gasteiger partial charge in [-0.1, -0.05) is 11.6 Å². The Balaban J connectivity index is 2.66. The number of nitrogens with one attached hydrogen (secondary N) is 1. The summed E-state index contributed by atoms with van der Waals surface area (Å²) in [6.45, 7) is -1.38. The van der Waals surface area contributed by atoms with Gasteiger partial charge in [-0.2, -0.15) is 13.2 Å². The molecule has 0 aliphatic carbocycles. The molecule has 0 saturated heterocycles. The molecule has 0 unspecified atom stereocenters. The average Bonchev–Trinajstić information content (AvgIpc) is 2.14. The van der Waals surface area contributed by atoms with Crippen molar-refractivity contribution in [1.82, 2.24) is 10.3 Å². The van der Waals surface area contributed by atoms with Gasteiger partial charge in [0.1, 0.15) is 6.54 Å². The van der Waals surface area contributed by atoms with Gasteiger partial charge in [-0.3, -0.25) is 9.78 Å². The van der Waals surface area contributed by atoms with Crippen molar-refractivity contribution in [2.75, 3.05) is 6.54 Å². The maximum Gasteiger partial charge on any atom is 0.405 e. The number of aromatic nitrogens is 1. The minimum Gasteiger partial charge on any atom is -0.343 e. The summed E-state index contributed by atoms with van der Waals surface area (Å²) in [5.74, 6) is -0.875. The summed E-state index contributed by atoms with van der Waals surface area (Å²) in [4.78, 5) is 14.8. The van der Waals surface area contributed by atoms with Crippen LogP contribution >= 0.6 is 11.6 Å². The van der Waals surface area contributed by atoms with Crippen molar-refractivity contribution >= 4 is 17.5 Å². The van der Waals surface area contributed by atoms with Crippen molar-refractivity contribution in [3.63, 3.8) is 0 Å². The maximum atomic E-state index is 11.8. The van der Waals surface area contributed by atoms with Crippen LogP contribution in [0.4, 0.5) is 13.2 Å². The van der Waals surface area contributed by atoms with Crippen LogP contribution < -0.4 is 5.32 Å². The highest BCUT2D eigenvalue weighted by Gasteiger charge is 2.28. The number of halogens is 4. The van der Waals surface area contributed by atoms with Crippen molar-refractivity contribution in [2.24, 2.45) is 0 Å². The Morgan fingerprint density at radius 3 is 2.73 bits per heavy atom. The van der Waals surface area contributed by atoms with E-state index in [2.05, 4.69) is 4.98 Å². The number of nitrogens with zero attached hydrogens (tertiary/aromatic N) is 1. The van der Waals surface area contributed by atoms with Gasteiger partial charge in [-0.25, -0.2) is 0 Å². The highest BCUT2D eigenvalue weighted by molar-refractivity contribution is 6.33. The van der Waals surface area contributed by atoms with Crippen molar-refractivity contribution in [3.8, 4) is 0 Å². The van der Waals surface area contributed by atoms with E-state index in [-0.39, 0.29) is 10.6 Å². The van der Waals surface area contributed by atoms with E-state index < -0.39 is 18.6 Å². The predicted octanol–water partition coefficient (Wildman–Crippen LogP) is 2.03. The molecule has 1 N–H and O–H groups in total. The maximum absolute atomic E-state index is 11.8. The van der Waals surface area contributed by atoms with Gasteiger partial charge in [-0.05, 0) is 6.07 Å². The summed E-state index contributed by atoms with van der Waals surface area (Å²) in [5.41, 5.74) is -0.0316. The van der Waals surface area contributed by atoms with Gasteiger partial charge in [-0.15, -0.1) is 0 Å². The molecule has 15 heavy (non-hydrogen) atoms. The molecule has 0 aliphatic heterocycles. The standard InChI is InChI=1S/C8H6ClF3N2O/c9-6-3-13-2-1-5(6)7(15)14-4-8(10,11)12/h1-3H,4H2,(H,14,15). The molecule has 0 fully saturated rings. The molecule has 0 atom stereocenters. The van der Waals surface area contributed by atoms with Crippen LogP contribution in [0.5, 0.6) is 0 Å². The molecule has 1 aromatic rings. The normalized spacial score (nSPS) is 11.2. The summed E-state index contributed by atoms with van der Waals surface area (Å²) >= 11 is 5.56. The zero-order valence-electron chi connectivity index (χ0n) is 7.31. The summed E-state index contributed by atoms with van der Waals surface area (Å²) in [6.07, 6.45) is -1.98. The van der Waals surface area contributed by atoms with E-state index in [1.54, 1.807) is 5.32 Å². The minimum absolute atomic E-state index is 0.0113. The van der Waals surface area contributed by atoms with Crippen LogP contribution in [-0.2, 0) is 0 Å². The topological polar surface area (TPSA) is 42.0 Å². The monoisotopic (exact) mass is 238 g/mol. The number of alkyl halides is 3. The molecule has 1 aromatic heterocycles. The Labute approximate surface area is 88.3 Å². The van der Waals surface area contributed by atoms with Gasteiger partial charge < -0.3 is 5.32 Å². The van der Waals surface area contributed by atoms with E-state index in [4.69, 9.17) is 11.6 Å². The average molecular weight is 239 g/mol. The minimum atomic E-state index is -4.44. The van der Waals surface area contributed by atoms with Gasteiger partial charge in [0, 0.05) is 12.4 Å². The Morgan fingerprint density at radius 2 is 2.20 bits per heavy atom. The fourth-order valence-corrected chi connectivity index (χ4v) is 1.04. The van der Waals surface area contributed by atoms with E-state index in [9.17, 15) is 18.0 Å². The first-order valence-electron chi connectivity index (χ1n) is 3.84. The van der Waals surface area contributed by atoms with Gasteiger partial charge in [0.2, 0.25) is 0 Å². The van der Waals surface area contributed by atoms with Crippen molar-refractivity contribution in [2.45, 2.75) is 6.18 Å². The first-order chi connectivity index (χ1) is 6.90. The van der Waals surface area contributed by atoms with Gasteiger partial charge >= 0.3 is 6.18 Å². The Bertz CT molecular complexity index is 367. The summed E-state index contributed by atoms with van der Waals surface area (Å²) in [7, 11) is 0. The van der Waals surface area contributed by atoms with Crippen LogP contribution in [0, 0.1) is 0 Å². The Hall–Kier alpha value is -1.30. The largest absolute Gasteiger partial charge is 0.405 e. The van der Waals surface area contributed by atoms with Crippen molar-refractivity contribution in [3.05, 3.63) is 29.0 Å². The lowest BCUT2D eigenvalue weighted by Crippen LogP contribution is -2.33. The second-order valence-electron chi connectivity index (χ2n) is 2.65. The number of carbonyl (C=O) groups excluding carboxylic acids is 1. The molecule has 1 rings (SSSR count). The van der Waals surface area contributed by atoms with Crippen LogP contribution in [0.3, 0.4) is 0 Å². The fourth-order valence-electron chi connectivity index (χ4n) is 0.835. The smallest absolute Gasteiger partial charge is 0.343 e. The number of carbonyl (C=O) groups is 1. The molecular weight excluding hydrogens is 233 g/mol. The highest BCUT2D eigenvalue weighted by atomic mass is 35.5. The SMILES string of the molecule is O=C(NCC(F)(F)F)c1ccncc1Cl. The van der Waals surface area contributed by atoms with E-state index >= 15 is 0 Å². The van der Waals surface area contributed by atoms with Crippen LogP contribution in [0.15, 0.2) is 18.5 Å². The molecule has 0 saturated carbocycles. The molecule has 1 heterocycles. The second-order valence-corrected chi connectivity index (χ2v) is 3.06. The van der Waals surface area contributed by atoms with Crippen molar-refractivity contribution in [1.29, 1.82) is 0 Å². The summed E-state index contributed by atoms with van der Waals surface area (Å²) in [5, 5.41) is 1.71. The lowest BCUT2D eigenvalue weighted by molar-refractivity contribution is -0.123. The molecule has 0 aromatic carbocycles. The van der Waals surface area contributed by atoms with Crippen LogP contribution in [0.1, 0.15) is 10.4 Å². The third-order valence-electron chi connectivity index (χ3n) is 1.47. The molecule has 7 heteroatoms. The highest BCUT2D eigenvalue weighted by Crippen LogP contribution is 2.15. The predicted molar refractivity (Wildman–Crippen MR) is 47.6 cm³/mol. The molecule has 1 amide bonds. The van der Waals surface area contributed by atoms with Gasteiger partial charge in [0.25, 0.3) is 5.91 Å². The lowest BCUT2D eigenvalue weighted by atomic mass is 10.2. The molecule has 3 nitrogen and oxygen atoms in total. The third-order valence-corrected chi connectivity index (χ3v) is 1.77. The number of hydrogen-bond donors (Lipinski definition) is 1. The third kappa shape index (κ3) is 3.75. The number of rotatable bonds is 2. The van der Waals surface area contributed by atoms with Crippen LogP contribution in [0.2, 0.25) is 5.02 Å². The zero-order valence-corrected chi connectivity index (χ0v) is 8.06. The van der Waals surface area contributed by atoms with Gasteiger partial charge in [0.05, 0.1) is 10.6 Å². The summed E-state index contributed by atoms with van der Waals surface area (Å²) < 4.78 is 35.3. The quantitative estimate of drug-likeness (QED) is 0.857. The number of hydrogen-bond acceptors (Lipinski definition) is 2. The Kier molecular flexibility index (Phi) is 3.52. The van der Waals surface area contributed by atoms with E-state index in [0.717, 1.165) is 0 Å². The first kappa shape index (κ1) is 11.8. The Morgan fingerprint density at radius 1 is 1.53 bits per heavy atom. The molecule has 82 valence electrons. The van der Waals surface area contributed by atoms with Crippen LogP contribution in [-0.4, -0.2) is 23.6 Å². The van der Waals surface area contributed by atoms with Gasteiger partial charge in [0.15, 0.2) is 0 Å². The molecule has 0 bridgehead atoms. The number of pyridine rings is 1. The van der Waals surface area contributed by atoms with E-state index in [0.29, 0.717) is 0 Å². The summed E-state index contributed by atoms with van der Waals surface area (Å²) in [6, 6.07) is 1.24. The van der Waals surface area contributed by atoms with Crippen molar-refractivity contribution < 1.29 is 18.0 Å². The fraction of sp³-hybridized carbons (Fsp3) is 0.250. The molecule has 0 aliphatic rings. The number of amides is 1. The van der Waals surface area contributed by atoms with Crippen LogP contribution in [0.25, 0.3) is 0 Å².